The maximum Gasteiger partial charge on any atom is 0.114 e. The summed E-state index contributed by atoms with van der Waals surface area (Å²) in [5, 5.41) is 10.4. The first-order chi connectivity index (χ1) is 11.3. The van der Waals surface area contributed by atoms with E-state index in [1.54, 1.807) is 11.8 Å². The molecule has 0 amide bonds. The lowest BCUT2D eigenvalue weighted by molar-refractivity contribution is 0.303. The summed E-state index contributed by atoms with van der Waals surface area (Å²) < 4.78 is 0. The Morgan fingerprint density at radius 3 is 2.83 bits per heavy atom. The van der Waals surface area contributed by atoms with Crippen LogP contribution in [0.3, 0.4) is 0 Å². The van der Waals surface area contributed by atoms with Gasteiger partial charge in [-0.25, -0.2) is 4.98 Å². The van der Waals surface area contributed by atoms with Crippen LogP contribution >= 0.6 is 11.8 Å². The Labute approximate surface area is 144 Å². The number of hydrogen-bond acceptors (Lipinski definition) is 4. The molecule has 3 rings (SSSR count). The molecule has 0 spiro atoms. The number of likely N-dealkylation sites (tertiary alicyclic amines) is 1. The fourth-order valence-electron chi connectivity index (χ4n) is 3.65. The molecular formula is C19H27N3S. The van der Waals surface area contributed by atoms with Crippen LogP contribution < -0.4 is 0 Å². The van der Waals surface area contributed by atoms with Gasteiger partial charge >= 0.3 is 0 Å². The van der Waals surface area contributed by atoms with E-state index in [0.717, 1.165) is 41.6 Å². The van der Waals surface area contributed by atoms with E-state index in [1.807, 2.05) is 0 Å². The largest absolute Gasteiger partial charge is 0.303 e. The fourth-order valence-corrected chi connectivity index (χ4v) is 4.63. The quantitative estimate of drug-likeness (QED) is 0.782. The molecule has 1 aliphatic carbocycles. The molecule has 1 unspecified atom stereocenters. The molecule has 2 heterocycles. The number of fused-ring (bicyclic) bond motifs is 1. The fraction of sp³-hybridized carbons (Fsp3) is 0.684. The van der Waals surface area contributed by atoms with Crippen molar-refractivity contribution < 1.29 is 0 Å². The summed E-state index contributed by atoms with van der Waals surface area (Å²) in [6.45, 7) is 5.88. The molecule has 1 aliphatic heterocycles. The molecular weight excluding hydrogens is 302 g/mol. The van der Waals surface area contributed by atoms with E-state index in [4.69, 9.17) is 4.98 Å². The molecule has 1 atom stereocenters. The normalized spacial score (nSPS) is 22.2. The van der Waals surface area contributed by atoms with E-state index in [1.165, 1.54) is 56.5 Å². The number of thioether (sulfide) groups is 1. The highest BCUT2D eigenvalue weighted by Crippen LogP contribution is 2.29. The average Bonchev–Trinajstić information content (AvgIpc) is 2.83. The minimum absolute atomic E-state index is 0.720. The SMILES string of the molecule is CC1CCc2nc(SCCN3CCCCCC3)c(C#N)cc2C1. The molecule has 0 aromatic carbocycles. The predicted octanol–water partition coefficient (Wildman–Crippen LogP) is 4.05. The highest BCUT2D eigenvalue weighted by molar-refractivity contribution is 7.99. The first kappa shape index (κ1) is 16.8. The van der Waals surface area contributed by atoms with Gasteiger partial charge in [0.2, 0.25) is 0 Å². The number of nitrogens with zero attached hydrogens (tertiary/aromatic N) is 3. The highest BCUT2D eigenvalue weighted by atomic mass is 32.2. The van der Waals surface area contributed by atoms with Crippen LogP contribution in [0.2, 0.25) is 0 Å². The maximum absolute atomic E-state index is 9.46. The van der Waals surface area contributed by atoms with Crippen LogP contribution in [0, 0.1) is 17.2 Å². The van der Waals surface area contributed by atoms with Gasteiger partial charge in [0.05, 0.1) is 5.56 Å². The Hall–Kier alpha value is -1.05. The van der Waals surface area contributed by atoms with Gasteiger partial charge in [-0.1, -0.05) is 19.8 Å². The summed E-state index contributed by atoms with van der Waals surface area (Å²) in [6, 6.07) is 4.47. The third-order valence-corrected chi connectivity index (χ3v) is 6.04. The van der Waals surface area contributed by atoms with Crippen molar-refractivity contribution in [1.82, 2.24) is 9.88 Å². The number of nitriles is 1. The Balaban J connectivity index is 1.62. The average molecular weight is 330 g/mol. The number of pyridine rings is 1. The lowest BCUT2D eigenvalue weighted by Gasteiger charge is -2.22. The van der Waals surface area contributed by atoms with Crippen LogP contribution in [-0.4, -0.2) is 35.3 Å². The van der Waals surface area contributed by atoms with Crippen molar-refractivity contribution in [2.24, 2.45) is 5.92 Å². The van der Waals surface area contributed by atoms with E-state index in [0.29, 0.717) is 0 Å². The third-order valence-electron chi connectivity index (χ3n) is 5.06. The van der Waals surface area contributed by atoms with Gasteiger partial charge in [0.25, 0.3) is 0 Å². The second-order valence-electron chi connectivity index (χ2n) is 7.01. The second kappa shape index (κ2) is 8.17. The molecule has 23 heavy (non-hydrogen) atoms. The topological polar surface area (TPSA) is 39.9 Å². The van der Waals surface area contributed by atoms with E-state index in [9.17, 15) is 5.26 Å². The van der Waals surface area contributed by atoms with Crippen LogP contribution in [0.1, 0.15) is 55.8 Å². The summed E-state index contributed by atoms with van der Waals surface area (Å²) in [5.74, 6) is 1.76. The van der Waals surface area contributed by atoms with Gasteiger partial charge in [0, 0.05) is 18.0 Å². The molecule has 0 saturated carbocycles. The van der Waals surface area contributed by atoms with Gasteiger partial charge in [-0.05, 0) is 62.7 Å². The van der Waals surface area contributed by atoms with E-state index in [-0.39, 0.29) is 0 Å². The lowest BCUT2D eigenvalue weighted by atomic mass is 9.87. The number of rotatable bonds is 4. The molecule has 1 saturated heterocycles. The van der Waals surface area contributed by atoms with E-state index < -0.39 is 0 Å². The third kappa shape index (κ3) is 4.49. The van der Waals surface area contributed by atoms with Crippen molar-refractivity contribution in [3.8, 4) is 6.07 Å². The smallest absolute Gasteiger partial charge is 0.114 e. The molecule has 1 fully saturated rings. The first-order valence-electron chi connectivity index (χ1n) is 9.04. The van der Waals surface area contributed by atoms with E-state index >= 15 is 0 Å². The minimum atomic E-state index is 0.720. The van der Waals surface area contributed by atoms with Gasteiger partial charge in [-0.3, -0.25) is 0 Å². The minimum Gasteiger partial charge on any atom is -0.303 e. The zero-order valence-corrected chi connectivity index (χ0v) is 15.0. The Morgan fingerprint density at radius 1 is 1.30 bits per heavy atom. The summed E-state index contributed by atoms with van der Waals surface area (Å²) in [6.07, 6.45) is 8.81. The Bertz CT molecular complexity index is 571. The lowest BCUT2D eigenvalue weighted by Crippen LogP contribution is -2.27. The highest BCUT2D eigenvalue weighted by Gasteiger charge is 2.19. The molecule has 0 radical (unpaired) electrons. The molecule has 3 nitrogen and oxygen atoms in total. The summed E-state index contributed by atoms with van der Waals surface area (Å²) in [4.78, 5) is 7.42. The van der Waals surface area contributed by atoms with Gasteiger partial charge < -0.3 is 4.90 Å². The molecule has 1 aromatic rings. The molecule has 1 aromatic heterocycles. The molecule has 0 N–H and O–H groups in total. The van der Waals surface area contributed by atoms with Gasteiger partial charge in [0.15, 0.2) is 0 Å². The van der Waals surface area contributed by atoms with Crippen molar-refractivity contribution in [1.29, 1.82) is 5.26 Å². The molecule has 2 aliphatic rings. The summed E-state index contributed by atoms with van der Waals surface area (Å²) >= 11 is 1.77. The second-order valence-corrected chi connectivity index (χ2v) is 8.09. The van der Waals surface area contributed by atoms with Crippen LogP contribution in [0.4, 0.5) is 0 Å². The maximum atomic E-state index is 9.46. The Morgan fingerprint density at radius 2 is 2.09 bits per heavy atom. The number of aromatic nitrogens is 1. The van der Waals surface area contributed by atoms with Crippen molar-refractivity contribution in [2.75, 3.05) is 25.4 Å². The van der Waals surface area contributed by atoms with Gasteiger partial charge in [0.1, 0.15) is 11.1 Å². The first-order valence-corrected chi connectivity index (χ1v) is 10.0. The van der Waals surface area contributed by atoms with Crippen LogP contribution in [0.5, 0.6) is 0 Å². The van der Waals surface area contributed by atoms with Crippen molar-refractivity contribution >= 4 is 11.8 Å². The van der Waals surface area contributed by atoms with Crippen LogP contribution in [-0.2, 0) is 12.8 Å². The van der Waals surface area contributed by atoms with Crippen LogP contribution in [0.15, 0.2) is 11.1 Å². The van der Waals surface area contributed by atoms with Gasteiger partial charge in [-0.2, -0.15) is 5.26 Å². The Kier molecular flexibility index (Phi) is 5.96. The monoisotopic (exact) mass is 329 g/mol. The summed E-state index contributed by atoms with van der Waals surface area (Å²) in [5.41, 5.74) is 3.32. The zero-order valence-electron chi connectivity index (χ0n) is 14.2. The summed E-state index contributed by atoms with van der Waals surface area (Å²) in [7, 11) is 0. The molecule has 4 heteroatoms. The van der Waals surface area contributed by atoms with Crippen molar-refractivity contribution in [3.05, 3.63) is 22.9 Å². The number of hydrogen-bond donors (Lipinski definition) is 0. The molecule has 124 valence electrons. The van der Waals surface area contributed by atoms with Crippen LogP contribution in [0.25, 0.3) is 0 Å². The molecule has 0 bridgehead atoms. The van der Waals surface area contributed by atoms with E-state index in [2.05, 4.69) is 24.0 Å². The standard InChI is InChI=1S/C19H27N3S/c1-15-6-7-18-16(12-15)13-17(14-20)19(21-18)23-11-10-22-8-4-2-3-5-9-22/h13,15H,2-12H2,1H3. The van der Waals surface area contributed by atoms with Crippen molar-refractivity contribution in [2.45, 2.75) is 56.9 Å². The predicted molar refractivity (Wildman–Crippen MR) is 95.8 cm³/mol. The van der Waals surface area contributed by atoms with Crippen molar-refractivity contribution in [3.63, 3.8) is 0 Å². The zero-order chi connectivity index (χ0) is 16.1. The van der Waals surface area contributed by atoms with Gasteiger partial charge in [-0.15, -0.1) is 11.8 Å². The number of aryl methyl sites for hydroxylation is 1.